The third-order valence-corrected chi connectivity index (χ3v) is 2.81. The van der Waals surface area contributed by atoms with Crippen molar-refractivity contribution in [2.45, 2.75) is 52.1 Å². The molecule has 0 unspecified atom stereocenters. The number of rotatable bonds is 0. The normalized spacial score (nSPS) is 24.9. The maximum atomic E-state index is 7.82. The van der Waals surface area contributed by atoms with Crippen LogP contribution in [0.4, 0.5) is 0 Å². The van der Waals surface area contributed by atoms with E-state index >= 15 is 0 Å². The van der Waals surface area contributed by atoms with Gasteiger partial charge in [-0.25, -0.2) is 0 Å². The second-order valence-electron chi connectivity index (χ2n) is 5.11. The summed E-state index contributed by atoms with van der Waals surface area (Å²) >= 11 is 0. The average molecular weight is 168 g/mol. The molecular weight excluding hydrogens is 148 g/mol. The van der Waals surface area contributed by atoms with Crippen LogP contribution in [0, 0.1) is 5.41 Å². The Hall–Kier alpha value is -0.370. The Labute approximate surface area is 75.5 Å². The van der Waals surface area contributed by atoms with E-state index in [-0.39, 0.29) is 11.1 Å². The summed E-state index contributed by atoms with van der Waals surface area (Å²) in [5.41, 5.74) is 1.03. The van der Waals surface area contributed by atoms with Crippen molar-refractivity contribution in [2.75, 3.05) is 6.54 Å². The van der Waals surface area contributed by atoms with Gasteiger partial charge in [0.2, 0.25) is 0 Å². The van der Waals surface area contributed by atoms with Crippen LogP contribution < -0.4 is 0 Å². The minimum atomic E-state index is -0.0295. The molecule has 1 heterocycles. The van der Waals surface area contributed by atoms with E-state index in [1.54, 1.807) is 0 Å². The van der Waals surface area contributed by atoms with E-state index in [9.17, 15) is 0 Å². The van der Waals surface area contributed by atoms with Crippen molar-refractivity contribution in [2.24, 2.45) is 0 Å². The van der Waals surface area contributed by atoms with E-state index in [1.807, 2.05) is 0 Å². The van der Waals surface area contributed by atoms with E-state index in [0.717, 1.165) is 18.7 Å². The monoisotopic (exact) mass is 168 g/mol. The first-order valence-electron chi connectivity index (χ1n) is 4.62. The molecule has 0 spiro atoms. The molecule has 70 valence electrons. The van der Waals surface area contributed by atoms with Crippen LogP contribution in [0.2, 0.25) is 0 Å². The Bertz CT molecular complexity index is 198. The summed E-state index contributed by atoms with van der Waals surface area (Å²) < 4.78 is 0. The first-order valence-corrected chi connectivity index (χ1v) is 4.62. The van der Waals surface area contributed by atoms with Crippen LogP contribution in [0.1, 0.15) is 41.0 Å². The van der Waals surface area contributed by atoms with Gasteiger partial charge >= 0.3 is 0 Å². The SMILES string of the molecule is CC(C)(C)N1CCC(=N)C1(C)C. The molecule has 1 N–H and O–H groups in total. The molecular formula is C10H20N2. The second-order valence-corrected chi connectivity index (χ2v) is 5.11. The molecule has 0 saturated carbocycles. The quantitative estimate of drug-likeness (QED) is 0.590. The van der Waals surface area contributed by atoms with Crippen LogP contribution in [0.5, 0.6) is 0 Å². The molecule has 0 radical (unpaired) electrons. The van der Waals surface area contributed by atoms with E-state index < -0.39 is 0 Å². The van der Waals surface area contributed by atoms with Crippen molar-refractivity contribution >= 4 is 5.71 Å². The molecule has 2 nitrogen and oxygen atoms in total. The number of likely N-dealkylation sites (tertiary alicyclic amines) is 1. The predicted molar refractivity (Wildman–Crippen MR) is 52.9 cm³/mol. The fourth-order valence-electron chi connectivity index (χ4n) is 2.15. The highest BCUT2D eigenvalue weighted by molar-refractivity contribution is 5.92. The largest absolute Gasteiger partial charge is 0.308 e. The molecule has 2 heteroatoms. The van der Waals surface area contributed by atoms with Gasteiger partial charge in [0.25, 0.3) is 0 Å². The van der Waals surface area contributed by atoms with Crippen LogP contribution in [0.15, 0.2) is 0 Å². The summed E-state index contributed by atoms with van der Waals surface area (Å²) in [5, 5.41) is 7.82. The fraction of sp³-hybridized carbons (Fsp3) is 0.900. The van der Waals surface area contributed by atoms with E-state index in [0.29, 0.717) is 0 Å². The van der Waals surface area contributed by atoms with Crippen molar-refractivity contribution in [3.8, 4) is 0 Å². The van der Waals surface area contributed by atoms with Crippen LogP contribution in [0.3, 0.4) is 0 Å². The maximum Gasteiger partial charge on any atom is 0.0535 e. The fourth-order valence-corrected chi connectivity index (χ4v) is 2.15. The number of hydrogen-bond acceptors (Lipinski definition) is 2. The highest BCUT2D eigenvalue weighted by atomic mass is 15.3. The van der Waals surface area contributed by atoms with Gasteiger partial charge in [0.1, 0.15) is 0 Å². The minimum absolute atomic E-state index is 0.0295. The van der Waals surface area contributed by atoms with Crippen LogP contribution >= 0.6 is 0 Å². The van der Waals surface area contributed by atoms with Crippen molar-refractivity contribution < 1.29 is 0 Å². The molecule has 0 aromatic heterocycles. The molecule has 0 bridgehead atoms. The second kappa shape index (κ2) is 2.56. The molecule has 1 saturated heterocycles. The highest BCUT2D eigenvalue weighted by Crippen LogP contribution is 2.32. The van der Waals surface area contributed by atoms with E-state index in [2.05, 4.69) is 39.5 Å². The molecule has 0 atom stereocenters. The van der Waals surface area contributed by atoms with Crippen molar-refractivity contribution in [3.05, 3.63) is 0 Å². The van der Waals surface area contributed by atoms with Gasteiger partial charge in [-0.2, -0.15) is 0 Å². The van der Waals surface area contributed by atoms with Gasteiger partial charge in [0.05, 0.1) is 5.54 Å². The lowest BCUT2D eigenvalue weighted by atomic mass is 9.94. The molecule has 1 rings (SSSR count). The Kier molecular flexibility index (Phi) is 2.07. The lowest BCUT2D eigenvalue weighted by Gasteiger charge is -2.41. The van der Waals surface area contributed by atoms with Gasteiger partial charge in [-0.3, -0.25) is 4.90 Å². The summed E-state index contributed by atoms with van der Waals surface area (Å²) in [5.74, 6) is 0. The molecule has 0 aromatic carbocycles. The maximum absolute atomic E-state index is 7.82. The lowest BCUT2D eigenvalue weighted by Crippen LogP contribution is -2.52. The van der Waals surface area contributed by atoms with Gasteiger partial charge in [-0.05, 0) is 41.0 Å². The van der Waals surface area contributed by atoms with Crippen molar-refractivity contribution in [3.63, 3.8) is 0 Å². The summed E-state index contributed by atoms with van der Waals surface area (Å²) in [6, 6.07) is 0. The zero-order valence-corrected chi connectivity index (χ0v) is 8.86. The zero-order chi connectivity index (χ0) is 9.57. The number of hydrogen-bond donors (Lipinski definition) is 1. The Morgan fingerprint density at radius 3 is 2.00 bits per heavy atom. The van der Waals surface area contributed by atoms with Gasteiger partial charge in [-0.15, -0.1) is 0 Å². The van der Waals surface area contributed by atoms with E-state index in [4.69, 9.17) is 5.41 Å². The average Bonchev–Trinajstić information content (AvgIpc) is 2.06. The third kappa shape index (κ3) is 1.40. The van der Waals surface area contributed by atoms with Gasteiger partial charge in [0.15, 0.2) is 0 Å². The molecule has 0 aromatic rings. The zero-order valence-electron chi connectivity index (χ0n) is 8.86. The summed E-state index contributed by atoms with van der Waals surface area (Å²) in [4.78, 5) is 2.41. The van der Waals surface area contributed by atoms with Crippen LogP contribution in [0.25, 0.3) is 0 Å². The Morgan fingerprint density at radius 1 is 1.33 bits per heavy atom. The first-order chi connectivity index (χ1) is 5.26. The van der Waals surface area contributed by atoms with Crippen LogP contribution in [-0.2, 0) is 0 Å². The number of nitrogens with one attached hydrogen (secondary N) is 1. The molecule has 1 fully saturated rings. The first kappa shape index (κ1) is 9.72. The molecule has 1 aliphatic rings. The van der Waals surface area contributed by atoms with Gasteiger partial charge in [-0.1, -0.05) is 0 Å². The Balaban J connectivity index is 2.89. The third-order valence-electron chi connectivity index (χ3n) is 2.81. The summed E-state index contributed by atoms with van der Waals surface area (Å²) in [6.45, 7) is 12.0. The highest BCUT2D eigenvalue weighted by Gasteiger charge is 2.42. The minimum Gasteiger partial charge on any atom is -0.308 e. The molecule has 1 aliphatic heterocycles. The van der Waals surface area contributed by atoms with Gasteiger partial charge in [0, 0.05) is 17.8 Å². The topological polar surface area (TPSA) is 27.1 Å². The Morgan fingerprint density at radius 2 is 1.83 bits per heavy atom. The molecule has 0 amide bonds. The van der Waals surface area contributed by atoms with Crippen LogP contribution in [-0.4, -0.2) is 28.2 Å². The summed E-state index contributed by atoms with van der Waals surface area (Å²) in [6.07, 6.45) is 0.935. The van der Waals surface area contributed by atoms with Crippen molar-refractivity contribution in [1.29, 1.82) is 5.41 Å². The molecule has 12 heavy (non-hydrogen) atoms. The smallest absolute Gasteiger partial charge is 0.0535 e. The van der Waals surface area contributed by atoms with Crippen molar-refractivity contribution in [1.82, 2.24) is 4.90 Å². The summed E-state index contributed by atoms with van der Waals surface area (Å²) in [7, 11) is 0. The lowest BCUT2D eigenvalue weighted by molar-refractivity contribution is 0.0912. The number of nitrogens with zero attached hydrogens (tertiary/aromatic N) is 1. The van der Waals surface area contributed by atoms with E-state index in [1.165, 1.54) is 0 Å². The predicted octanol–water partition coefficient (Wildman–Crippen LogP) is 2.29. The molecule has 0 aliphatic carbocycles. The van der Waals surface area contributed by atoms with Gasteiger partial charge < -0.3 is 5.41 Å². The standard InChI is InChI=1S/C10H20N2/c1-9(2,3)12-7-6-8(11)10(12,4)5/h11H,6-7H2,1-5H3.